The van der Waals surface area contributed by atoms with Gasteiger partial charge in [0.15, 0.2) is 4.80 Å². The summed E-state index contributed by atoms with van der Waals surface area (Å²) >= 11 is 7.53. The number of benzene rings is 2. The summed E-state index contributed by atoms with van der Waals surface area (Å²) in [5.41, 5.74) is 1.53. The third-order valence-electron chi connectivity index (χ3n) is 3.57. The van der Waals surface area contributed by atoms with Crippen molar-refractivity contribution >= 4 is 44.6 Å². The van der Waals surface area contributed by atoms with E-state index in [1.54, 1.807) is 18.2 Å². The number of halogens is 1. The van der Waals surface area contributed by atoms with E-state index in [0.717, 1.165) is 11.8 Å². The Morgan fingerprint density at radius 1 is 1.22 bits per heavy atom. The van der Waals surface area contributed by atoms with Crippen LogP contribution in [0.3, 0.4) is 0 Å². The number of sulfonamides is 1. The minimum Gasteiger partial charge on any atom is -0.319 e. The Balaban J connectivity index is 1.88. The molecule has 6 nitrogen and oxygen atoms in total. The van der Waals surface area contributed by atoms with Gasteiger partial charge in [-0.3, -0.25) is 9.52 Å². The molecule has 9 heteroatoms. The number of rotatable bonds is 5. The number of carbonyl (C=O) groups excluding carboxylic acids is 1. The standard InChI is InChI=1S/C18H16ClN3O3S2/c1-27(24,25)21-15-7-4-6-13(11-15)17(23)20-18-22(9-10-26-18)12-14-5-2-3-8-16(14)19/h2-11,21H,12H2,1H3. The number of hydrogen-bond acceptors (Lipinski definition) is 4. The SMILES string of the molecule is CS(=O)(=O)Nc1cccc(C(=O)N=c2sccn2Cc2ccccc2Cl)c1. The number of aromatic nitrogens is 1. The highest BCUT2D eigenvalue weighted by molar-refractivity contribution is 7.92. The fourth-order valence-electron chi connectivity index (χ4n) is 2.40. The zero-order valence-electron chi connectivity index (χ0n) is 14.3. The van der Waals surface area contributed by atoms with Gasteiger partial charge in [-0.05, 0) is 29.8 Å². The fraction of sp³-hybridized carbons (Fsp3) is 0.111. The lowest BCUT2D eigenvalue weighted by Gasteiger charge is -2.06. The molecule has 140 valence electrons. The first-order valence-electron chi connectivity index (χ1n) is 7.86. The molecular formula is C18H16ClN3O3S2. The van der Waals surface area contributed by atoms with Crippen LogP contribution in [0.2, 0.25) is 5.02 Å². The molecule has 0 aliphatic rings. The predicted octanol–water partition coefficient (Wildman–Crippen LogP) is 3.36. The minimum atomic E-state index is -3.42. The van der Waals surface area contributed by atoms with Crippen LogP contribution in [0.25, 0.3) is 0 Å². The quantitative estimate of drug-likeness (QED) is 0.685. The topological polar surface area (TPSA) is 80.5 Å². The van der Waals surface area contributed by atoms with Gasteiger partial charge in [0, 0.05) is 27.9 Å². The average Bonchev–Trinajstić information content (AvgIpc) is 3.02. The number of thiazole rings is 1. The summed E-state index contributed by atoms with van der Waals surface area (Å²) in [6.45, 7) is 0.491. The largest absolute Gasteiger partial charge is 0.319 e. The van der Waals surface area contributed by atoms with Crippen LogP contribution in [0.15, 0.2) is 65.1 Å². The van der Waals surface area contributed by atoms with Crippen molar-refractivity contribution in [2.45, 2.75) is 6.54 Å². The van der Waals surface area contributed by atoms with Crippen molar-refractivity contribution in [3.8, 4) is 0 Å². The van der Waals surface area contributed by atoms with E-state index < -0.39 is 15.9 Å². The molecule has 27 heavy (non-hydrogen) atoms. The van der Waals surface area contributed by atoms with E-state index in [4.69, 9.17) is 11.6 Å². The Labute approximate surface area is 165 Å². The lowest BCUT2D eigenvalue weighted by atomic mass is 10.2. The van der Waals surface area contributed by atoms with Crippen molar-refractivity contribution in [2.75, 3.05) is 11.0 Å². The highest BCUT2D eigenvalue weighted by atomic mass is 35.5. The number of nitrogens with zero attached hydrogens (tertiary/aromatic N) is 2. The summed E-state index contributed by atoms with van der Waals surface area (Å²) in [6, 6.07) is 13.7. The Morgan fingerprint density at radius 2 is 2.00 bits per heavy atom. The fourth-order valence-corrected chi connectivity index (χ4v) is 3.88. The molecule has 0 saturated heterocycles. The van der Waals surface area contributed by atoms with Crippen molar-refractivity contribution in [3.63, 3.8) is 0 Å². The van der Waals surface area contributed by atoms with Crippen molar-refractivity contribution in [2.24, 2.45) is 4.99 Å². The molecule has 1 amide bonds. The molecule has 0 aliphatic heterocycles. The summed E-state index contributed by atoms with van der Waals surface area (Å²) in [5.74, 6) is -0.456. The molecular weight excluding hydrogens is 406 g/mol. The van der Waals surface area contributed by atoms with Crippen molar-refractivity contribution < 1.29 is 13.2 Å². The lowest BCUT2D eigenvalue weighted by Crippen LogP contribution is -2.17. The molecule has 2 aromatic carbocycles. The second-order valence-corrected chi connectivity index (χ2v) is 8.81. The molecule has 1 aromatic heterocycles. The Hall–Kier alpha value is -2.42. The van der Waals surface area contributed by atoms with Crippen LogP contribution in [-0.2, 0) is 16.6 Å². The van der Waals surface area contributed by atoms with Crippen LogP contribution in [0.4, 0.5) is 5.69 Å². The molecule has 0 unspecified atom stereocenters. The first kappa shape index (κ1) is 19.3. The second kappa shape index (κ2) is 8.08. The van der Waals surface area contributed by atoms with Gasteiger partial charge in [-0.25, -0.2) is 8.42 Å². The summed E-state index contributed by atoms with van der Waals surface area (Å²) in [6.07, 6.45) is 2.89. The van der Waals surface area contributed by atoms with Gasteiger partial charge >= 0.3 is 0 Å². The molecule has 0 radical (unpaired) electrons. The first-order chi connectivity index (χ1) is 12.8. The lowest BCUT2D eigenvalue weighted by molar-refractivity contribution is 0.0998. The monoisotopic (exact) mass is 421 g/mol. The molecule has 1 N–H and O–H groups in total. The number of amides is 1. The first-order valence-corrected chi connectivity index (χ1v) is 11.0. The number of nitrogens with one attached hydrogen (secondary N) is 1. The van der Waals surface area contributed by atoms with Gasteiger partial charge in [0.2, 0.25) is 10.0 Å². The van der Waals surface area contributed by atoms with E-state index >= 15 is 0 Å². The van der Waals surface area contributed by atoms with Gasteiger partial charge in [0.05, 0.1) is 12.8 Å². The average molecular weight is 422 g/mol. The predicted molar refractivity (Wildman–Crippen MR) is 108 cm³/mol. The van der Waals surface area contributed by atoms with Crippen LogP contribution >= 0.6 is 22.9 Å². The summed E-state index contributed by atoms with van der Waals surface area (Å²) in [5, 5.41) is 2.48. The maximum atomic E-state index is 12.5. The second-order valence-electron chi connectivity index (χ2n) is 5.78. The number of anilines is 1. The summed E-state index contributed by atoms with van der Waals surface area (Å²) in [4.78, 5) is 17.2. The highest BCUT2D eigenvalue weighted by Gasteiger charge is 2.09. The number of hydrogen-bond donors (Lipinski definition) is 1. The van der Waals surface area contributed by atoms with Crippen LogP contribution in [0.5, 0.6) is 0 Å². The smallest absolute Gasteiger partial charge is 0.279 e. The Morgan fingerprint density at radius 3 is 2.74 bits per heavy atom. The van der Waals surface area contributed by atoms with E-state index in [2.05, 4.69) is 9.71 Å². The van der Waals surface area contributed by atoms with E-state index in [1.807, 2.05) is 40.4 Å². The van der Waals surface area contributed by atoms with Gasteiger partial charge in [-0.15, -0.1) is 11.3 Å². The molecule has 0 fully saturated rings. The molecule has 0 atom stereocenters. The van der Waals surface area contributed by atoms with E-state index in [9.17, 15) is 13.2 Å². The van der Waals surface area contributed by atoms with Gasteiger partial charge < -0.3 is 4.57 Å². The molecule has 0 aliphatic carbocycles. The molecule has 3 aromatic rings. The van der Waals surface area contributed by atoms with Gasteiger partial charge in [0.1, 0.15) is 0 Å². The maximum absolute atomic E-state index is 12.5. The van der Waals surface area contributed by atoms with E-state index in [0.29, 0.717) is 27.6 Å². The van der Waals surface area contributed by atoms with Gasteiger partial charge in [-0.1, -0.05) is 35.9 Å². The molecule has 0 saturated carbocycles. The third kappa shape index (κ3) is 5.29. The maximum Gasteiger partial charge on any atom is 0.279 e. The minimum absolute atomic E-state index is 0.293. The zero-order valence-corrected chi connectivity index (χ0v) is 16.7. The van der Waals surface area contributed by atoms with E-state index in [1.165, 1.54) is 17.4 Å². The molecule has 0 bridgehead atoms. The normalized spacial score (nSPS) is 12.1. The van der Waals surface area contributed by atoms with Crippen molar-refractivity contribution in [1.82, 2.24) is 4.57 Å². The molecule has 0 spiro atoms. The summed E-state index contributed by atoms with van der Waals surface area (Å²) in [7, 11) is -3.42. The van der Waals surface area contributed by atoms with Gasteiger partial charge in [-0.2, -0.15) is 4.99 Å². The van der Waals surface area contributed by atoms with Crippen LogP contribution in [0.1, 0.15) is 15.9 Å². The third-order valence-corrected chi connectivity index (χ3v) is 5.34. The van der Waals surface area contributed by atoms with Gasteiger partial charge in [0.25, 0.3) is 5.91 Å². The Bertz CT molecular complexity index is 1150. The highest BCUT2D eigenvalue weighted by Crippen LogP contribution is 2.16. The van der Waals surface area contributed by atoms with Crippen LogP contribution < -0.4 is 9.52 Å². The number of carbonyl (C=O) groups is 1. The van der Waals surface area contributed by atoms with E-state index in [-0.39, 0.29) is 0 Å². The molecule has 1 heterocycles. The summed E-state index contributed by atoms with van der Waals surface area (Å²) < 4.78 is 26.9. The molecule has 3 rings (SSSR count). The van der Waals surface area contributed by atoms with Crippen LogP contribution in [-0.4, -0.2) is 25.1 Å². The van der Waals surface area contributed by atoms with Crippen molar-refractivity contribution in [1.29, 1.82) is 0 Å². The zero-order chi connectivity index (χ0) is 19.4. The van der Waals surface area contributed by atoms with Crippen LogP contribution in [0, 0.1) is 0 Å². The van der Waals surface area contributed by atoms with Crippen molar-refractivity contribution in [3.05, 3.63) is 81.1 Å². The Kier molecular flexibility index (Phi) is 5.79.